The van der Waals surface area contributed by atoms with Crippen molar-refractivity contribution in [3.05, 3.63) is 83.0 Å². The number of fused-ring (bicyclic) bond motifs is 1. The molecule has 1 saturated heterocycles. The Kier molecular flexibility index (Phi) is 9.17. The molecule has 2 aromatic rings. The first-order chi connectivity index (χ1) is 25.7. The summed E-state index contributed by atoms with van der Waals surface area (Å²) >= 11 is 0. The number of methoxy groups -OCH3 is 2. The number of nitrogens with zero attached hydrogens (tertiary/aromatic N) is 1. The van der Waals surface area contributed by atoms with E-state index in [-0.39, 0.29) is 53.6 Å². The van der Waals surface area contributed by atoms with Crippen molar-refractivity contribution in [3.63, 3.8) is 0 Å². The molecule has 8 nitrogen and oxygen atoms in total. The lowest BCUT2D eigenvalue weighted by Crippen LogP contribution is -2.67. The molecule has 6 aliphatic carbocycles. The van der Waals surface area contributed by atoms with Gasteiger partial charge in [-0.25, -0.2) is 8.78 Å². The number of ether oxygens (including phenoxy) is 3. The summed E-state index contributed by atoms with van der Waals surface area (Å²) in [5.74, 6) is -1.56. The zero-order valence-corrected chi connectivity index (χ0v) is 31.8. The summed E-state index contributed by atoms with van der Waals surface area (Å²) in [4.78, 5) is 30.8. The number of carbonyl (C=O) groups is 2. The Morgan fingerprint density at radius 3 is 2.37 bits per heavy atom. The van der Waals surface area contributed by atoms with Gasteiger partial charge >= 0.3 is 0 Å². The van der Waals surface area contributed by atoms with Gasteiger partial charge in [0.15, 0.2) is 28.9 Å². The molecule has 2 N–H and O–H groups in total. The molecule has 9 rings (SSSR count). The topological polar surface area (TPSA) is 106 Å². The number of hydrogen-bond donors (Lipinski definition) is 2. The summed E-state index contributed by atoms with van der Waals surface area (Å²) in [5, 5.41) is 24.1. The first-order valence-electron chi connectivity index (χ1n) is 19.7. The van der Waals surface area contributed by atoms with Crippen molar-refractivity contribution in [3.8, 4) is 11.5 Å². The highest BCUT2D eigenvalue weighted by Gasteiger charge is 2.74. The van der Waals surface area contributed by atoms with Gasteiger partial charge in [-0.2, -0.15) is 0 Å². The Balaban J connectivity index is 1.16. The third kappa shape index (κ3) is 5.44. The fourth-order valence-corrected chi connectivity index (χ4v) is 12.3. The second kappa shape index (κ2) is 13.3. The van der Waals surface area contributed by atoms with Crippen LogP contribution in [-0.2, 0) is 16.0 Å². The minimum atomic E-state index is -1.27. The van der Waals surface area contributed by atoms with Crippen molar-refractivity contribution < 1.29 is 42.8 Å². The van der Waals surface area contributed by atoms with E-state index >= 15 is 0 Å². The van der Waals surface area contributed by atoms with E-state index in [0.29, 0.717) is 62.3 Å². The summed E-state index contributed by atoms with van der Waals surface area (Å²) < 4.78 is 45.7. The number of ketones is 1. The molecule has 0 radical (unpaired) electrons. The molecule has 2 spiro atoms. The van der Waals surface area contributed by atoms with E-state index in [2.05, 4.69) is 32.1 Å². The van der Waals surface area contributed by atoms with Gasteiger partial charge in [-0.3, -0.25) is 9.59 Å². The number of allylic oxidation sites excluding steroid dienone is 4. The fourth-order valence-electron chi connectivity index (χ4n) is 12.3. The Morgan fingerprint density at radius 1 is 0.907 bits per heavy atom. The summed E-state index contributed by atoms with van der Waals surface area (Å²) in [6, 6.07) is 8.80. The minimum absolute atomic E-state index is 0.0341. The molecular formula is C44H53F2NO7. The average Bonchev–Trinajstić information content (AvgIpc) is 3.77. The van der Waals surface area contributed by atoms with Crippen molar-refractivity contribution in [2.45, 2.75) is 95.9 Å². The molecule has 4 fully saturated rings. The van der Waals surface area contributed by atoms with E-state index in [4.69, 9.17) is 14.2 Å². The van der Waals surface area contributed by atoms with Crippen molar-refractivity contribution >= 4 is 11.7 Å². The number of carbonyl (C=O) groups excluding carboxylic acids is 2. The first-order valence-corrected chi connectivity index (χ1v) is 19.7. The third-order valence-corrected chi connectivity index (χ3v) is 15.2. The van der Waals surface area contributed by atoms with Crippen LogP contribution in [-0.4, -0.2) is 78.5 Å². The molecule has 1 heterocycles. The molecule has 1 amide bonds. The van der Waals surface area contributed by atoms with Gasteiger partial charge in [0.2, 0.25) is 5.91 Å². The number of hydrogen-bond acceptors (Lipinski definition) is 7. The van der Waals surface area contributed by atoms with E-state index in [0.717, 1.165) is 43.4 Å². The van der Waals surface area contributed by atoms with Gasteiger partial charge in [0.25, 0.3) is 0 Å². The summed E-state index contributed by atoms with van der Waals surface area (Å²) in [6.45, 7) is 5.57. The van der Waals surface area contributed by atoms with Crippen molar-refractivity contribution in [1.82, 2.24) is 4.90 Å². The number of aliphatic hydroxyl groups excluding tert-OH is 1. The number of amides is 1. The van der Waals surface area contributed by atoms with Crippen LogP contribution in [0.5, 0.6) is 11.5 Å². The van der Waals surface area contributed by atoms with Gasteiger partial charge in [0, 0.05) is 40.5 Å². The van der Waals surface area contributed by atoms with Gasteiger partial charge in [-0.15, -0.1) is 0 Å². The van der Waals surface area contributed by atoms with Crippen LogP contribution in [0.1, 0.15) is 87.6 Å². The number of benzene rings is 2. The molecule has 3 saturated carbocycles. The Labute approximate surface area is 316 Å². The second-order valence-corrected chi connectivity index (χ2v) is 17.5. The monoisotopic (exact) mass is 745 g/mol. The number of Topliss-reactive ketones (excluding diaryl/α,β-unsaturated/α-hetero) is 1. The predicted octanol–water partition coefficient (Wildman–Crippen LogP) is 7.01. The molecule has 1 aliphatic heterocycles. The number of rotatable bonds is 10. The van der Waals surface area contributed by atoms with Gasteiger partial charge < -0.3 is 29.3 Å². The first kappa shape index (κ1) is 37.3. The molecule has 290 valence electrons. The lowest BCUT2D eigenvalue weighted by Gasteiger charge is -2.71. The zero-order chi connectivity index (χ0) is 38.3. The molecular weight excluding hydrogens is 692 g/mol. The lowest BCUT2D eigenvalue weighted by molar-refractivity contribution is -0.179. The fraction of sp³-hybridized carbons (Fsp3) is 0.591. The van der Waals surface area contributed by atoms with E-state index < -0.39 is 39.6 Å². The molecule has 7 aliphatic rings. The van der Waals surface area contributed by atoms with E-state index in [1.807, 2.05) is 12.1 Å². The summed E-state index contributed by atoms with van der Waals surface area (Å²) in [6.07, 6.45) is 12.2. The maximum absolute atomic E-state index is 14.7. The molecule has 2 aromatic carbocycles. The largest absolute Gasteiger partial charge is 0.493 e. The molecule has 9 unspecified atom stereocenters. The van der Waals surface area contributed by atoms with Crippen LogP contribution in [0.25, 0.3) is 0 Å². The highest BCUT2D eigenvalue weighted by Crippen LogP contribution is 2.78. The van der Waals surface area contributed by atoms with Crippen molar-refractivity contribution in [1.29, 1.82) is 0 Å². The lowest BCUT2D eigenvalue weighted by atomic mass is 9.32. The van der Waals surface area contributed by atoms with Crippen LogP contribution in [0.2, 0.25) is 0 Å². The summed E-state index contributed by atoms with van der Waals surface area (Å²) in [7, 11) is 3.13. The van der Waals surface area contributed by atoms with Gasteiger partial charge in [0.1, 0.15) is 0 Å². The SMILES string of the molecule is COc1ccc(CC(=O)N(CC2CCCO2)CC2(O)CCC3C45C=CC6(C=C4C(=O)c4ccc(F)c(F)c4)CC(O)CCC6(C)C5CCC32C)cc1OC. The molecule has 0 aromatic heterocycles. The molecule has 9 atom stereocenters. The Morgan fingerprint density at radius 2 is 1.65 bits per heavy atom. The smallest absolute Gasteiger partial charge is 0.227 e. The second-order valence-electron chi connectivity index (χ2n) is 17.5. The highest BCUT2D eigenvalue weighted by molar-refractivity contribution is 6.10. The number of aliphatic hydroxyl groups is 2. The Hall–Kier alpha value is -3.60. The molecule has 10 heteroatoms. The van der Waals surface area contributed by atoms with Crippen LogP contribution in [0.3, 0.4) is 0 Å². The summed E-state index contributed by atoms with van der Waals surface area (Å²) in [5.41, 5.74) is -2.13. The van der Waals surface area contributed by atoms with Crippen molar-refractivity contribution in [2.75, 3.05) is 33.9 Å². The van der Waals surface area contributed by atoms with Crippen LogP contribution in [0.15, 0.2) is 60.2 Å². The van der Waals surface area contributed by atoms with Gasteiger partial charge in [-0.1, -0.05) is 38.1 Å². The van der Waals surface area contributed by atoms with Crippen LogP contribution in [0.4, 0.5) is 8.78 Å². The van der Waals surface area contributed by atoms with Crippen LogP contribution in [0, 0.1) is 45.1 Å². The highest BCUT2D eigenvalue weighted by atomic mass is 19.2. The van der Waals surface area contributed by atoms with E-state index in [1.54, 1.807) is 25.2 Å². The van der Waals surface area contributed by atoms with Crippen LogP contribution >= 0.6 is 0 Å². The van der Waals surface area contributed by atoms with Crippen LogP contribution < -0.4 is 9.47 Å². The molecule has 2 bridgehead atoms. The van der Waals surface area contributed by atoms with E-state index in [1.165, 1.54) is 6.07 Å². The maximum Gasteiger partial charge on any atom is 0.227 e. The zero-order valence-electron chi connectivity index (χ0n) is 31.8. The van der Waals surface area contributed by atoms with Crippen molar-refractivity contribution in [2.24, 2.45) is 33.5 Å². The molecule has 54 heavy (non-hydrogen) atoms. The standard InChI is InChI=1S/C44H53F2NO7/c1-40-14-11-29(48)23-42(40)17-18-44(31(24-42)39(50)28-8-9-32(45)33(46)22-28)36(40)12-15-41(2)37(44)13-16-43(41,51)26-47(25-30-6-5-19-54-30)38(49)21-27-7-10-34(52-3)35(20-27)53-4/h7-10,17-18,20,22,24,29-30,36-37,48,51H,5-6,11-16,19,21,23,25-26H2,1-4H3. The van der Waals surface area contributed by atoms with Gasteiger partial charge in [-0.05, 0) is 111 Å². The predicted molar refractivity (Wildman–Crippen MR) is 198 cm³/mol. The average molecular weight is 746 g/mol. The third-order valence-electron chi connectivity index (χ3n) is 15.2. The van der Waals surface area contributed by atoms with Gasteiger partial charge in [0.05, 0.1) is 45.0 Å². The Bertz CT molecular complexity index is 1910. The maximum atomic E-state index is 14.7. The number of halogens is 2. The minimum Gasteiger partial charge on any atom is -0.493 e. The quantitative estimate of drug-likeness (QED) is 0.199. The normalized spacial score (nSPS) is 37.6. The van der Waals surface area contributed by atoms with E-state index in [9.17, 15) is 28.6 Å².